The van der Waals surface area contributed by atoms with Crippen molar-refractivity contribution in [3.63, 3.8) is 0 Å². The monoisotopic (exact) mass is 415 g/mol. The Hall–Kier alpha value is -2.48. The Labute approximate surface area is 173 Å². The summed E-state index contributed by atoms with van der Waals surface area (Å²) < 4.78 is 6.31. The van der Waals surface area contributed by atoms with Gasteiger partial charge in [0.05, 0.1) is 10.2 Å². The predicted octanol–water partition coefficient (Wildman–Crippen LogP) is 3.48. The summed E-state index contributed by atoms with van der Waals surface area (Å²) in [4.78, 5) is 43.3. The van der Waals surface area contributed by atoms with Gasteiger partial charge >= 0.3 is 12.0 Å². The fourth-order valence-electron chi connectivity index (χ4n) is 4.95. The second-order valence-electron chi connectivity index (χ2n) is 8.99. The van der Waals surface area contributed by atoms with Gasteiger partial charge in [-0.25, -0.2) is 9.78 Å². The van der Waals surface area contributed by atoms with Crippen LogP contribution in [0.25, 0.3) is 10.2 Å². The maximum absolute atomic E-state index is 13.1. The molecule has 2 fully saturated rings. The van der Waals surface area contributed by atoms with Gasteiger partial charge in [0.25, 0.3) is 5.91 Å². The van der Waals surface area contributed by atoms with Gasteiger partial charge in [0.2, 0.25) is 0 Å². The van der Waals surface area contributed by atoms with E-state index in [9.17, 15) is 14.4 Å². The number of nitrogens with zero attached hydrogens (tertiary/aromatic N) is 2. The molecule has 1 aromatic heterocycles. The van der Waals surface area contributed by atoms with E-state index in [-0.39, 0.29) is 24.5 Å². The zero-order valence-electron chi connectivity index (χ0n) is 16.9. The number of para-hydroxylation sites is 1. The van der Waals surface area contributed by atoms with Gasteiger partial charge < -0.3 is 10.1 Å². The maximum Gasteiger partial charge on any atom is 0.326 e. The highest BCUT2D eigenvalue weighted by atomic mass is 32.1. The van der Waals surface area contributed by atoms with E-state index >= 15 is 0 Å². The van der Waals surface area contributed by atoms with Crippen molar-refractivity contribution in [1.82, 2.24) is 15.2 Å². The van der Waals surface area contributed by atoms with Crippen LogP contribution in [0.3, 0.4) is 0 Å². The average molecular weight is 416 g/mol. The summed E-state index contributed by atoms with van der Waals surface area (Å²) in [7, 11) is 0. The van der Waals surface area contributed by atoms with E-state index in [0.717, 1.165) is 21.5 Å². The first-order chi connectivity index (χ1) is 13.7. The number of carbonyl (C=O) groups excluding carboxylic acids is 3. The lowest BCUT2D eigenvalue weighted by atomic mass is 9.64. The number of esters is 1. The molecule has 8 heteroatoms. The molecule has 2 aromatic rings. The number of fused-ring (bicyclic) bond motifs is 1. The van der Waals surface area contributed by atoms with Crippen LogP contribution in [0.15, 0.2) is 24.3 Å². The lowest BCUT2D eigenvalue weighted by Crippen LogP contribution is -2.54. The van der Waals surface area contributed by atoms with Crippen LogP contribution in [0.1, 0.15) is 45.0 Å². The minimum absolute atomic E-state index is 0.0248. The van der Waals surface area contributed by atoms with Crippen molar-refractivity contribution in [2.75, 3.05) is 6.54 Å². The first-order valence-corrected chi connectivity index (χ1v) is 10.6. The zero-order valence-corrected chi connectivity index (χ0v) is 17.7. The third kappa shape index (κ3) is 3.85. The molecule has 0 unspecified atom stereocenters. The molecule has 7 nitrogen and oxygen atoms in total. The molecule has 1 aliphatic carbocycles. The summed E-state index contributed by atoms with van der Waals surface area (Å²) in [5.41, 5.74) is -0.108. The van der Waals surface area contributed by atoms with Crippen molar-refractivity contribution in [2.24, 2.45) is 11.3 Å². The Kier molecular flexibility index (Phi) is 4.85. The Balaban J connectivity index is 1.40. The van der Waals surface area contributed by atoms with Crippen molar-refractivity contribution in [3.8, 4) is 0 Å². The van der Waals surface area contributed by atoms with Crippen LogP contribution < -0.4 is 5.32 Å². The van der Waals surface area contributed by atoms with Gasteiger partial charge in [-0.05, 0) is 42.7 Å². The van der Waals surface area contributed by atoms with E-state index in [4.69, 9.17) is 4.74 Å². The van der Waals surface area contributed by atoms with Gasteiger partial charge in [0.1, 0.15) is 23.7 Å². The molecule has 1 aliphatic heterocycles. The van der Waals surface area contributed by atoms with Gasteiger partial charge in [-0.2, -0.15) is 0 Å². The molecule has 4 rings (SSSR count). The number of hydrogen-bond donors (Lipinski definition) is 1. The fraction of sp³-hybridized carbons (Fsp3) is 0.524. The van der Waals surface area contributed by atoms with Crippen LogP contribution in [-0.2, 0) is 20.9 Å². The number of ether oxygens (including phenoxy) is 1. The third-order valence-corrected chi connectivity index (χ3v) is 6.62. The normalized spacial score (nSPS) is 26.2. The van der Waals surface area contributed by atoms with Crippen molar-refractivity contribution in [1.29, 1.82) is 0 Å². The lowest BCUT2D eigenvalue weighted by molar-refractivity contribution is -0.149. The summed E-state index contributed by atoms with van der Waals surface area (Å²) >= 11 is 1.45. The Morgan fingerprint density at radius 2 is 2.07 bits per heavy atom. The van der Waals surface area contributed by atoms with Crippen LogP contribution in [-0.4, -0.2) is 39.9 Å². The standard InChI is InChI=1S/C21H25N3O4S/c1-13-8-20(2,3)12-21(9-13)18(26)24(19(27)23-21)10-17(25)28-11-16-22-14-6-4-5-7-15(14)29-16/h4-7,13H,8-12H2,1-3H3,(H,23,27)/t13-,21+/m1/s1. The highest BCUT2D eigenvalue weighted by Gasteiger charge is 2.56. The Morgan fingerprint density at radius 3 is 2.79 bits per heavy atom. The number of nitrogens with one attached hydrogen (secondary N) is 1. The molecule has 0 bridgehead atoms. The number of amides is 3. The number of carbonyl (C=O) groups is 3. The second-order valence-corrected chi connectivity index (χ2v) is 10.1. The van der Waals surface area contributed by atoms with Gasteiger partial charge in [-0.1, -0.05) is 32.9 Å². The molecule has 1 saturated heterocycles. The first kappa shape index (κ1) is 19.8. The van der Waals surface area contributed by atoms with Gasteiger partial charge in [0.15, 0.2) is 0 Å². The molecule has 2 atom stereocenters. The summed E-state index contributed by atoms with van der Waals surface area (Å²) in [5.74, 6) is -0.624. The average Bonchev–Trinajstić information content (AvgIpc) is 3.12. The maximum atomic E-state index is 13.1. The number of hydrogen-bond acceptors (Lipinski definition) is 6. The van der Waals surface area contributed by atoms with E-state index < -0.39 is 17.5 Å². The summed E-state index contributed by atoms with van der Waals surface area (Å²) in [6.07, 6.45) is 2.17. The molecule has 1 saturated carbocycles. The van der Waals surface area contributed by atoms with Crippen LogP contribution >= 0.6 is 11.3 Å². The summed E-state index contributed by atoms with van der Waals surface area (Å²) in [5, 5.41) is 3.55. The van der Waals surface area contributed by atoms with Gasteiger partial charge in [-0.15, -0.1) is 11.3 Å². The summed E-state index contributed by atoms with van der Waals surface area (Å²) in [6.45, 7) is 5.96. The topological polar surface area (TPSA) is 88.6 Å². The predicted molar refractivity (Wildman–Crippen MR) is 109 cm³/mol. The third-order valence-electron chi connectivity index (χ3n) is 5.61. The molecule has 2 heterocycles. The smallest absolute Gasteiger partial charge is 0.326 e. The van der Waals surface area contributed by atoms with E-state index in [1.165, 1.54) is 11.3 Å². The van der Waals surface area contributed by atoms with Crippen LogP contribution in [0.2, 0.25) is 0 Å². The zero-order chi connectivity index (χ0) is 20.8. The van der Waals surface area contributed by atoms with Crippen molar-refractivity contribution < 1.29 is 19.1 Å². The molecule has 3 amide bonds. The van der Waals surface area contributed by atoms with Crippen molar-refractivity contribution in [3.05, 3.63) is 29.3 Å². The molecule has 0 radical (unpaired) electrons. The van der Waals surface area contributed by atoms with E-state index in [2.05, 4.69) is 31.1 Å². The molecule has 29 heavy (non-hydrogen) atoms. The highest BCUT2D eigenvalue weighted by molar-refractivity contribution is 7.18. The van der Waals surface area contributed by atoms with E-state index in [0.29, 0.717) is 23.8 Å². The quantitative estimate of drug-likeness (QED) is 0.610. The number of thiazole rings is 1. The van der Waals surface area contributed by atoms with Crippen molar-refractivity contribution in [2.45, 2.75) is 52.2 Å². The van der Waals surface area contributed by atoms with Crippen LogP contribution in [0, 0.1) is 11.3 Å². The molecule has 1 spiro atoms. The van der Waals surface area contributed by atoms with Crippen LogP contribution in [0.5, 0.6) is 0 Å². The Bertz CT molecular complexity index is 952. The van der Waals surface area contributed by atoms with Gasteiger partial charge in [-0.3, -0.25) is 14.5 Å². The number of imide groups is 1. The molecule has 1 aromatic carbocycles. The van der Waals surface area contributed by atoms with Crippen LogP contribution in [0.4, 0.5) is 4.79 Å². The number of aromatic nitrogens is 1. The van der Waals surface area contributed by atoms with Crippen molar-refractivity contribution >= 4 is 39.5 Å². The van der Waals surface area contributed by atoms with E-state index in [1.54, 1.807) is 0 Å². The summed E-state index contributed by atoms with van der Waals surface area (Å²) in [6, 6.07) is 7.17. The molecular formula is C21H25N3O4S. The largest absolute Gasteiger partial charge is 0.457 e. The molecule has 2 aliphatic rings. The van der Waals surface area contributed by atoms with Gasteiger partial charge in [0, 0.05) is 0 Å². The molecule has 154 valence electrons. The fourth-order valence-corrected chi connectivity index (χ4v) is 5.83. The second kappa shape index (κ2) is 7.09. The number of rotatable bonds is 4. The minimum atomic E-state index is -0.911. The first-order valence-electron chi connectivity index (χ1n) is 9.82. The molecule has 1 N–H and O–H groups in total. The molecular weight excluding hydrogens is 390 g/mol. The highest BCUT2D eigenvalue weighted by Crippen LogP contribution is 2.46. The SMILES string of the molecule is C[C@@H]1CC(C)(C)C[C@]2(C1)NC(=O)N(CC(=O)OCc1nc3ccccc3s1)C2=O. The van der Waals surface area contributed by atoms with E-state index in [1.807, 2.05) is 24.3 Å². The Morgan fingerprint density at radius 1 is 1.31 bits per heavy atom. The number of benzene rings is 1. The number of urea groups is 1. The minimum Gasteiger partial charge on any atom is -0.457 e. The lowest BCUT2D eigenvalue weighted by Gasteiger charge is -2.43.